The minimum Gasteiger partial charge on any atom is -0.381 e. The van der Waals surface area contributed by atoms with Crippen LogP contribution < -0.4 is 0 Å². The molecule has 0 spiro atoms. The monoisotopic (exact) mass is 267 g/mol. The minimum absolute atomic E-state index is 0.243. The SMILES string of the molecule is c1ccc2cc(-c3nc(C4CCOC4)no3)ncc2c1. The number of aromatic nitrogens is 3. The lowest BCUT2D eigenvalue weighted by Crippen LogP contribution is -1.99. The molecule has 1 fully saturated rings. The Morgan fingerprint density at radius 1 is 1.15 bits per heavy atom. The molecular formula is C15H13N3O2. The summed E-state index contributed by atoms with van der Waals surface area (Å²) < 4.78 is 10.7. The van der Waals surface area contributed by atoms with Gasteiger partial charge >= 0.3 is 0 Å². The van der Waals surface area contributed by atoms with Gasteiger partial charge in [-0.2, -0.15) is 4.98 Å². The zero-order valence-corrected chi connectivity index (χ0v) is 10.8. The van der Waals surface area contributed by atoms with Crippen molar-refractivity contribution in [2.75, 3.05) is 13.2 Å². The van der Waals surface area contributed by atoms with Gasteiger partial charge in [-0.1, -0.05) is 29.4 Å². The Bertz CT molecular complexity index is 747. The Kier molecular flexibility index (Phi) is 2.70. The maximum Gasteiger partial charge on any atom is 0.276 e. The van der Waals surface area contributed by atoms with E-state index >= 15 is 0 Å². The number of hydrogen-bond donors (Lipinski definition) is 0. The summed E-state index contributed by atoms with van der Waals surface area (Å²) in [6.45, 7) is 1.44. The first-order valence-electron chi connectivity index (χ1n) is 6.67. The van der Waals surface area contributed by atoms with Gasteiger partial charge in [0, 0.05) is 24.1 Å². The van der Waals surface area contributed by atoms with Gasteiger partial charge in [-0.25, -0.2) is 0 Å². The molecule has 0 amide bonds. The third-order valence-electron chi connectivity index (χ3n) is 3.59. The van der Waals surface area contributed by atoms with Crippen molar-refractivity contribution in [3.05, 3.63) is 42.4 Å². The van der Waals surface area contributed by atoms with Crippen LogP contribution in [0.2, 0.25) is 0 Å². The molecule has 5 heteroatoms. The highest BCUT2D eigenvalue weighted by atomic mass is 16.5. The van der Waals surface area contributed by atoms with Crippen LogP contribution in [0, 0.1) is 0 Å². The smallest absolute Gasteiger partial charge is 0.276 e. The molecule has 1 atom stereocenters. The van der Waals surface area contributed by atoms with E-state index in [1.807, 2.05) is 36.5 Å². The van der Waals surface area contributed by atoms with Crippen LogP contribution >= 0.6 is 0 Å². The molecule has 2 aromatic heterocycles. The van der Waals surface area contributed by atoms with E-state index in [-0.39, 0.29) is 5.92 Å². The molecule has 1 aromatic carbocycles. The first-order valence-corrected chi connectivity index (χ1v) is 6.67. The highest BCUT2D eigenvalue weighted by Gasteiger charge is 2.23. The lowest BCUT2D eigenvalue weighted by atomic mass is 10.1. The van der Waals surface area contributed by atoms with Crippen LogP contribution in [0.3, 0.4) is 0 Å². The molecule has 0 aliphatic carbocycles. The number of fused-ring (bicyclic) bond motifs is 1. The van der Waals surface area contributed by atoms with E-state index in [9.17, 15) is 0 Å². The number of hydrogen-bond acceptors (Lipinski definition) is 5. The first-order chi connectivity index (χ1) is 9.90. The number of benzene rings is 1. The number of rotatable bonds is 2. The molecule has 5 nitrogen and oxygen atoms in total. The van der Waals surface area contributed by atoms with E-state index in [1.165, 1.54) is 0 Å². The Hall–Kier alpha value is -2.27. The predicted octanol–water partition coefficient (Wildman–Crippen LogP) is 2.79. The Balaban J connectivity index is 1.71. The van der Waals surface area contributed by atoms with E-state index < -0.39 is 0 Å². The van der Waals surface area contributed by atoms with Gasteiger partial charge in [0.05, 0.1) is 6.61 Å². The lowest BCUT2D eigenvalue weighted by Gasteiger charge is -1.99. The Morgan fingerprint density at radius 2 is 2.05 bits per heavy atom. The summed E-state index contributed by atoms with van der Waals surface area (Å²) in [7, 11) is 0. The van der Waals surface area contributed by atoms with Crippen molar-refractivity contribution < 1.29 is 9.26 Å². The van der Waals surface area contributed by atoms with Crippen molar-refractivity contribution >= 4 is 10.8 Å². The van der Waals surface area contributed by atoms with Crippen LogP contribution in [-0.2, 0) is 4.74 Å². The fourth-order valence-corrected chi connectivity index (χ4v) is 2.44. The topological polar surface area (TPSA) is 61.0 Å². The van der Waals surface area contributed by atoms with Crippen LogP contribution in [0.25, 0.3) is 22.4 Å². The van der Waals surface area contributed by atoms with Crippen molar-refractivity contribution in [3.63, 3.8) is 0 Å². The molecule has 100 valence electrons. The maximum absolute atomic E-state index is 5.35. The molecule has 0 bridgehead atoms. The summed E-state index contributed by atoms with van der Waals surface area (Å²) in [6, 6.07) is 10.0. The van der Waals surface area contributed by atoms with Crippen LogP contribution in [0.1, 0.15) is 18.2 Å². The molecule has 1 saturated heterocycles. The highest BCUT2D eigenvalue weighted by molar-refractivity contribution is 5.84. The second-order valence-electron chi connectivity index (χ2n) is 4.93. The Labute approximate surface area is 115 Å². The minimum atomic E-state index is 0.243. The maximum atomic E-state index is 5.35. The molecule has 1 aliphatic rings. The van der Waals surface area contributed by atoms with Crippen LogP contribution in [0.5, 0.6) is 0 Å². The average molecular weight is 267 g/mol. The predicted molar refractivity (Wildman–Crippen MR) is 73.2 cm³/mol. The van der Waals surface area contributed by atoms with Gasteiger partial charge in [0.25, 0.3) is 5.89 Å². The largest absolute Gasteiger partial charge is 0.381 e. The third-order valence-corrected chi connectivity index (χ3v) is 3.59. The molecule has 1 unspecified atom stereocenters. The molecule has 3 heterocycles. The molecular weight excluding hydrogens is 254 g/mol. The fraction of sp³-hybridized carbons (Fsp3) is 0.267. The summed E-state index contributed by atoms with van der Waals surface area (Å²) in [6.07, 6.45) is 2.78. The standard InChI is InChI=1S/C15H13N3O2/c1-2-4-11-8-16-13(7-10(11)3-1)15-17-14(18-20-15)12-5-6-19-9-12/h1-4,7-8,12H,5-6,9H2. The van der Waals surface area contributed by atoms with E-state index in [1.54, 1.807) is 0 Å². The van der Waals surface area contributed by atoms with Crippen molar-refractivity contribution in [1.82, 2.24) is 15.1 Å². The fourth-order valence-electron chi connectivity index (χ4n) is 2.44. The molecule has 4 rings (SSSR count). The van der Waals surface area contributed by atoms with Crippen LogP contribution in [-0.4, -0.2) is 28.3 Å². The van der Waals surface area contributed by atoms with Crippen molar-refractivity contribution in [2.45, 2.75) is 12.3 Å². The third kappa shape index (κ3) is 1.96. The quantitative estimate of drug-likeness (QED) is 0.714. The molecule has 1 aliphatic heterocycles. The normalized spacial score (nSPS) is 18.7. The lowest BCUT2D eigenvalue weighted by molar-refractivity contribution is 0.192. The summed E-state index contributed by atoms with van der Waals surface area (Å²) in [4.78, 5) is 8.84. The summed E-state index contributed by atoms with van der Waals surface area (Å²) >= 11 is 0. The van der Waals surface area contributed by atoms with Gasteiger partial charge in [0.15, 0.2) is 5.82 Å². The van der Waals surface area contributed by atoms with Gasteiger partial charge < -0.3 is 9.26 Å². The molecule has 20 heavy (non-hydrogen) atoms. The number of nitrogens with zero attached hydrogens (tertiary/aromatic N) is 3. The van der Waals surface area contributed by atoms with Crippen molar-refractivity contribution in [3.8, 4) is 11.6 Å². The zero-order chi connectivity index (χ0) is 13.4. The zero-order valence-electron chi connectivity index (χ0n) is 10.8. The first kappa shape index (κ1) is 11.5. The second kappa shape index (κ2) is 4.68. The Morgan fingerprint density at radius 3 is 2.90 bits per heavy atom. The molecule has 0 saturated carbocycles. The van der Waals surface area contributed by atoms with Gasteiger partial charge in [0.2, 0.25) is 0 Å². The highest BCUT2D eigenvalue weighted by Crippen LogP contribution is 2.26. The summed E-state index contributed by atoms with van der Waals surface area (Å²) in [5.74, 6) is 1.43. The van der Waals surface area contributed by atoms with Crippen molar-refractivity contribution in [1.29, 1.82) is 0 Å². The second-order valence-corrected chi connectivity index (χ2v) is 4.93. The van der Waals surface area contributed by atoms with E-state index in [0.717, 1.165) is 23.8 Å². The van der Waals surface area contributed by atoms with Crippen LogP contribution in [0.15, 0.2) is 41.1 Å². The molecule has 0 N–H and O–H groups in total. The summed E-state index contributed by atoms with van der Waals surface area (Å²) in [5.41, 5.74) is 0.710. The van der Waals surface area contributed by atoms with Gasteiger partial charge in [-0.15, -0.1) is 0 Å². The molecule has 0 radical (unpaired) electrons. The van der Waals surface area contributed by atoms with E-state index in [2.05, 4.69) is 15.1 Å². The summed E-state index contributed by atoms with van der Waals surface area (Å²) in [5, 5.41) is 6.26. The average Bonchev–Trinajstić information content (AvgIpc) is 3.17. The van der Waals surface area contributed by atoms with Crippen molar-refractivity contribution in [2.24, 2.45) is 0 Å². The van der Waals surface area contributed by atoms with Gasteiger partial charge in [0.1, 0.15) is 5.69 Å². The number of ether oxygens (including phenoxy) is 1. The van der Waals surface area contributed by atoms with Gasteiger partial charge in [-0.05, 0) is 17.9 Å². The van der Waals surface area contributed by atoms with E-state index in [0.29, 0.717) is 24.0 Å². The van der Waals surface area contributed by atoms with E-state index in [4.69, 9.17) is 9.26 Å². The van der Waals surface area contributed by atoms with Crippen LogP contribution in [0.4, 0.5) is 0 Å². The number of pyridine rings is 1. The van der Waals surface area contributed by atoms with Gasteiger partial charge in [-0.3, -0.25) is 4.98 Å². The molecule has 3 aromatic rings.